The number of aryl methyl sites for hydroxylation is 1. The van der Waals surface area contributed by atoms with Gasteiger partial charge in [0.05, 0.1) is 0 Å². The van der Waals surface area contributed by atoms with Crippen LogP contribution in [0.1, 0.15) is 18.9 Å². The number of hydrogen-bond donors (Lipinski definition) is 2. The van der Waals surface area contributed by atoms with Crippen LogP contribution in [0, 0.1) is 0 Å². The molecule has 1 saturated heterocycles. The monoisotopic (exact) mass is 233 g/mol. The lowest BCUT2D eigenvalue weighted by Crippen LogP contribution is -2.49. The fraction of sp³-hybridized carbons (Fsp3) is 0.571. The van der Waals surface area contributed by atoms with Gasteiger partial charge in [0, 0.05) is 31.4 Å². The van der Waals surface area contributed by atoms with Gasteiger partial charge in [-0.3, -0.25) is 0 Å². The van der Waals surface area contributed by atoms with Crippen LogP contribution in [0.3, 0.4) is 0 Å². The number of nitrogens with one attached hydrogen (secondary N) is 1. The smallest absolute Gasteiger partial charge is 0.0369 e. The second-order valence-electron chi connectivity index (χ2n) is 4.86. The molecule has 1 aliphatic rings. The van der Waals surface area contributed by atoms with Crippen LogP contribution in [0.25, 0.3) is 0 Å². The first-order valence-electron chi connectivity index (χ1n) is 6.57. The standard InChI is InChI=1S/C14H23N3/c1-12-11-17(9-8-16-12)14-6-2-4-13(10-14)5-3-7-15/h2,4,6,10,12,16H,3,5,7-9,11,15H2,1H3/t12-/m1/s1. The molecule has 1 fully saturated rings. The molecule has 3 heteroatoms. The highest BCUT2D eigenvalue weighted by atomic mass is 15.2. The quantitative estimate of drug-likeness (QED) is 0.825. The molecule has 1 aromatic rings. The number of nitrogens with two attached hydrogens (primary N) is 1. The molecule has 0 aromatic heterocycles. The largest absolute Gasteiger partial charge is 0.369 e. The van der Waals surface area contributed by atoms with Crippen LogP contribution in [-0.2, 0) is 6.42 Å². The minimum absolute atomic E-state index is 0.580. The van der Waals surface area contributed by atoms with E-state index in [1.54, 1.807) is 0 Å². The molecule has 0 aliphatic carbocycles. The molecule has 94 valence electrons. The zero-order valence-electron chi connectivity index (χ0n) is 10.7. The summed E-state index contributed by atoms with van der Waals surface area (Å²) in [5.41, 5.74) is 8.31. The summed E-state index contributed by atoms with van der Waals surface area (Å²) < 4.78 is 0. The molecule has 0 amide bonds. The molecule has 0 unspecified atom stereocenters. The third-order valence-electron chi connectivity index (χ3n) is 3.31. The average Bonchev–Trinajstić information content (AvgIpc) is 2.37. The van der Waals surface area contributed by atoms with E-state index in [1.807, 2.05) is 0 Å². The lowest BCUT2D eigenvalue weighted by atomic mass is 10.1. The maximum atomic E-state index is 5.56. The van der Waals surface area contributed by atoms with Crippen LogP contribution >= 0.6 is 0 Å². The Balaban J connectivity index is 2.04. The lowest BCUT2D eigenvalue weighted by molar-refractivity contribution is 0.485. The van der Waals surface area contributed by atoms with E-state index in [0.29, 0.717) is 6.04 Å². The first-order chi connectivity index (χ1) is 8.29. The molecule has 17 heavy (non-hydrogen) atoms. The van der Waals surface area contributed by atoms with Gasteiger partial charge < -0.3 is 16.0 Å². The van der Waals surface area contributed by atoms with E-state index in [9.17, 15) is 0 Å². The summed E-state index contributed by atoms with van der Waals surface area (Å²) in [4.78, 5) is 2.47. The van der Waals surface area contributed by atoms with Crippen LogP contribution in [0.5, 0.6) is 0 Å². The fourth-order valence-corrected chi connectivity index (χ4v) is 2.38. The van der Waals surface area contributed by atoms with Crippen molar-refractivity contribution < 1.29 is 0 Å². The third-order valence-corrected chi connectivity index (χ3v) is 3.31. The first kappa shape index (κ1) is 12.4. The minimum atomic E-state index is 0.580. The van der Waals surface area contributed by atoms with Crippen molar-refractivity contribution in [3.8, 4) is 0 Å². The maximum Gasteiger partial charge on any atom is 0.0369 e. The van der Waals surface area contributed by atoms with Gasteiger partial charge in [0.2, 0.25) is 0 Å². The summed E-state index contributed by atoms with van der Waals surface area (Å²) in [7, 11) is 0. The van der Waals surface area contributed by atoms with E-state index in [1.165, 1.54) is 11.3 Å². The van der Waals surface area contributed by atoms with Crippen molar-refractivity contribution >= 4 is 5.69 Å². The molecule has 1 heterocycles. The van der Waals surface area contributed by atoms with Crippen molar-refractivity contribution in [1.29, 1.82) is 0 Å². The van der Waals surface area contributed by atoms with Gasteiger partial charge in [-0.15, -0.1) is 0 Å². The van der Waals surface area contributed by atoms with Crippen LogP contribution < -0.4 is 16.0 Å². The van der Waals surface area contributed by atoms with Crippen molar-refractivity contribution in [1.82, 2.24) is 5.32 Å². The van der Waals surface area contributed by atoms with Gasteiger partial charge in [-0.25, -0.2) is 0 Å². The zero-order chi connectivity index (χ0) is 12.1. The van der Waals surface area contributed by atoms with Crippen LogP contribution in [0.2, 0.25) is 0 Å². The van der Waals surface area contributed by atoms with E-state index in [4.69, 9.17) is 5.73 Å². The Bertz CT molecular complexity index is 351. The number of hydrogen-bond acceptors (Lipinski definition) is 3. The van der Waals surface area contributed by atoms with E-state index < -0.39 is 0 Å². The average molecular weight is 233 g/mol. The molecule has 1 atom stereocenters. The molecular formula is C14H23N3. The molecular weight excluding hydrogens is 210 g/mol. The predicted octanol–water partition coefficient (Wildman–Crippen LogP) is 1.38. The van der Waals surface area contributed by atoms with Gasteiger partial charge in [-0.1, -0.05) is 12.1 Å². The van der Waals surface area contributed by atoms with E-state index in [2.05, 4.69) is 41.4 Å². The van der Waals surface area contributed by atoms with Crippen molar-refractivity contribution in [3.05, 3.63) is 29.8 Å². The molecule has 3 nitrogen and oxygen atoms in total. The van der Waals surface area contributed by atoms with Crippen molar-refractivity contribution in [3.63, 3.8) is 0 Å². The van der Waals surface area contributed by atoms with E-state index in [-0.39, 0.29) is 0 Å². The molecule has 0 saturated carbocycles. The minimum Gasteiger partial charge on any atom is -0.369 e. The summed E-state index contributed by atoms with van der Waals surface area (Å²) in [6, 6.07) is 9.47. The highest BCUT2D eigenvalue weighted by Gasteiger charge is 2.15. The fourth-order valence-electron chi connectivity index (χ4n) is 2.38. The number of benzene rings is 1. The normalized spacial score (nSPS) is 20.6. The van der Waals surface area contributed by atoms with Gasteiger partial charge in [-0.05, 0) is 44.0 Å². The van der Waals surface area contributed by atoms with Crippen molar-refractivity contribution in [2.24, 2.45) is 5.73 Å². The number of anilines is 1. The molecule has 2 rings (SSSR count). The SMILES string of the molecule is C[C@@H]1CN(c2cccc(CCCN)c2)CCN1. The molecule has 3 N–H and O–H groups in total. The topological polar surface area (TPSA) is 41.3 Å². The third kappa shape index (κ3) is 3.45. The highest BCUT2D eigenvalue weighted by Crippen LogP contribution is 2.18. The molecule has 1 aliphatic heterocycles. The number of rotatable bonds is 4. The summed E-state index contributed by atoms with van der Waals surface area (Å²) in [5, 5.41) is 3.47. The molecule has 0 radical (unpaired) electrons. The Kier molecular flexibility index (Phi) is 4.40. The van der Waals surface area contributed by atoms with Crippen LogP contribution in [-0.4, -0.2) is 32.2 Å². The summed E-state index contributed by atoms with van der Waals surface area (Å²) in [6.45, 7) is 6.29. The van der Waals surface area contributed by atoms with Crippen molar-refractivity contribution in [2.75, 3.05) is 31.1 Å². The second-order valence-corrected chi connectivity index (χ2v) is 4.86. The Morgan fingerprint density at radius 3 is 3.12 bits per heavy atom. The van der Waals surface area contributed by atoms with Crippen molar-refractivity contribution in [2.45, 2.75) is 25.8 Å². The first-order valence-corrected chi connectivity index (χ1v) is 6.57. The van der Waals surface area contributed by atoms with Crippen LogP contribution in [0.4, 0.5) is 5.69 Å². The zero-order valence-corrected chi connectivity index (χ0v) is 10.7. The Hall–Kier alpha value is -1.06. The Labute approximate surface area is 104 Å². The number of piperazine rings is 1. The Morgan fingerprint density at radius 1 is 1.47 bits per heavy atom. The second kappa shape index (κ2) is 6.03. The van der Waals surface area contributed by atoms with Gasteiger partial charge in [-0.2, -0.15) is 0 Å². The summed E-state index contributed by atoms with van der Waals surface area (Å²) in [5.74, 6) is 0. The predicted molar refractivity (Wildman–Crippen MR) is 73.5 cm³/mol. The molecule has 0 bridgehead atoms. The van der Waals surface area contributed by atoms with E-state index >= 15 is 0 Å². The highest BCUT2D eigenvalue weighted by molar-refractivity contribution is 5.49. The van der Waals surface area contributed by atoms with Gasteiger partial charge >= 0.3 is 0 Å². The Morgan fingerprint density at radius 2 is 2.35 bits per heavy atom. The van der Waals surface area contributed by atoms with Gasteiger partial charge in [0.25, 0.3) is 0 Å². The van der Waals surface area contributed by atoms with E-state index in [0.717, 1.165) is 39.0 Å². The molecule has 1 aromatic carbocycles. The summed E-state index contributed by atoms with van der Waals surface area (Å²) >= 11 is 0. The lowest BCUT2D eigenvalue weighted by Gasteiger charge is -2.33. The van der Waals surface area contributed by atoms with Gasteiger partial charge in [0.1, 0.15) is 0 Å². The van der Waals surface area contributed by atoms with Gasteiger partial charge in [0.15, 0.2) is 0 Å². The number of nitrogens with zero attached hydrogens (tertiary/aromatic N) is 1. The summed E-state index contributed by atoms with van der Waals surface area (Å²) in [6.07, 6.45) is 2.16. The molecule has 0 spiro atoms. The van der Waals surface area contributed by atoms with Crippen LogP contribution in [0.15, 0.2) is 24.3 Å². The maximum absolute atomic E-state index is 5.56.